The van der Waals surface area contributed by atoms with E-state index < -0.39 is 0 Å². The molecule has 0 aliphatic heterocycles. The number of nitrogens with zero attached hydrogens (tertiary/aromatic N) is 2. The van der Waals surface area contributed by atoms with Gasteiger partial charge in [-0.2, -0.15) is 0 Å². The van der Waals surface area contributed by atoms with Crippen molar-refractivity contribution in [2.45, 2.75) is 39.8 Å². The van der Waals surface area contributed by atoms with Crippen LogP contribution >= 0.6 is 24.0 Å². The molecule has 6 heteroatoms. The van der Waals surface area contributed by atoms with E-state index in [1.165, 1.54) is 6.07 Å². The summed E-state index contributed by atoms with van der Waals surface area (Å²) in [5.74, 6) is 0.596. The minimum Gasteiger partial charge on any atom is -0.355 e. The van der Waals surface area contributed by atoms with E-state index in [4.69, 9.17) is 0 Å². The molecular weight excluding hydrogens is 406 g/mol. The third-order valence-corrected chi connectivity index (χ3v) is 4.01. The molecule has 23 heavy (non-hydrogen) atoms. The van der Waals surface area contributed by atoms with Gasteiger partial charge >= 0.3 is 0 Å². The Morgan fingerprint density at radius 3 is 2.61 bits per heavy atom. The summed E-state index contributed by atoms with van der Waals surface area (Å²) in [6.45, 7) is 8.62. The van der Waals surface area contributed by atoms with Crippen molar-refractivity contribution < 1.29 is 4.39 Å². The molecule has 0 aliphatic carbocycles. The van der Waals surface area contributed by atoms with Crippen LogP contribution in [0.5, 0.6) is 0 Å². The molecule has 0 saturated carbocycles. The quantitative estimate of drug-likeness (QED) is 0.392. The molecule has 132 valence electrons. The summed E-state index contributed by atoms with van der Waals surface area (Å²) in [5.41, 5.74) is 1.70. The summed E-state index contributed by atoms with van der Waals surface area (Å²) in [6.07, 6.45) is 1.15. The Labute approximate surface area is 157 Å². The summed E-state index contributed by atoms with van der Waals surface area (Å²) in [5, 5.41) is 6.55. The maximum Gasteiger partial charge on any atom is 0.191 e. The van der Waals surface area contributed by atoms with Crippen LogP contribution in [0.1, 0.15) is 31.4 Å². The summed E-state index contributed by atoms with van der Waals surface area (Å²) in [6, 6.07) is 5.73. The van der Waals surface area contributed by atoms with Gasteiger partial charge in [0.2, 0.25) is 0 Å². The lowest BCUT2D eigenvalue weighted by Gasteiger charge is -2.24. The molecule has 1 aromatic rings. The van der Waals surface area contributed by atoms with Gasteiger partial charge in [0.25, 0.3) is 0 Å². The maximum atomic E-state index is 13.2. The van der Waals surface area contributed by atoms with E-state index in [1.807, 2.05) is 6.07 Å². The zero-order chi connectivity index (χ0) is 16.5. The van der Waals surface area contributed by atoms with E-state index in [-0.39, 0.29) is 29.8 Å². The molecule has 0 bridgehead atoms. The van der Waals surface area contributed by atoms with Crippen molar-refractivity contribution in [1.29, 1.82) is 0 Å². The average molecular weight is 436 g/mol. The highest BCUT2D eigenvalue weighted by Gasteiger charge is 2.06. The first-order valence-corrected chi connectivity index (χ1v) is 7.87. The Hall–Kier alpha value is -0.890. The number of hydrogen-bond donors (Lipinski definition) is 2. The van der Waals surface area contributed by atoms with Crippen LogP contribution in [0, 0.1) is 12.7 Å². The first-order chi connectivity index (χ1) is 10.5. The highest BCUT2D eigenvalue weighted by molar-refractivity contribution is 14.0. The Morgan fingerprint density at radius 1 is 1.35 bits per heavy atom. The molecule has 1 rings (SSSR count). The molecule has 0 fully saturated rings. The molecule has 0 aliphatic rings. The van der Waals surface area contributed by atoms with Crippen LogP contribution in [-0.4, -0.2) is 44.1 Å². The number of guanidine groups is 1. The SMILES string of the molecule is CCC(C)N(C)CCNC(=NC)NCc1ccc(F)c(C)c1.I. The zero-order valence-electron chi connectivity index (χ0n) is 14.8. The number of aryl methyl sites for hydroxylation is 1. The number of rotatable bonds is 7. The van der Waals surface area contributed by atoms with Gasteiger partial charge in [-0.05, 0) is 44.5 Å². The fourth-order valence-electron chi connectivity index (χ4n) is 2.11. The highest BCUT2D eigenvalue weighted by atomic mass is 127. The topological polar surface area (TPSA) is 39.7 Å². The Balaban J connectivity index is 0.00000484. The van der Waals surface area contributed by atoms with E-state index in [9.17, 15) is 4.39 Å². The third-order valence-electron chi connectivity index (χ3n) is 4.01. The van der Waals surface area contributed by atoms with Gasteiger partial charge in [0.05, 0.1) is 0 Å². The Bertz CT molecular complexity index is 493. The van der Waals surface area contributed by atoms with E-state index in [0.717, 1.165) is 31.0 Å². The highest BCUT2D eigenvalue weighted by Crippen LogP contribution is 2.08. The molecule has 4 nitrogen and oxygen atoms in total. The second-order valence-corrected chi connectivity index (χ2v) is 5.67. The van der Waals surface area contributed by atoms with E-state index in [2.05, 4.69) is 41.4 Å². The molecule has 1 atom stereocenters. The van der Waals surface area contributed by atoms with Crippen molar-refractivity contribution in [3.8, 4) is 0 Å². The number of benzene rings is 1. The summed E-state index contributed by atoms with van der Waals surface area (Å²) in [4.78, 5) is 6.53. The van der Waals surface area contributed by atoms with Gasteiger partial charge in [-0.3, -0.25) is 4.99 Å². The number of hydrogen-bond acceptors (Lipinski definition) is 2. The van der Waals surface area contributed by atoms with Gasteiger partial charge in [-0.25, -0.2) is 4.39 Å². The van der Waals surface area contributed by atoms with E-state index in [0.29, 0.717) is 18.2 Å². The van der Waals surface area contributed by atoms with Gasteiger partial charge in [0.15, 0.2) is 5.96 Å². The van der Waals surface area contributed by atoms with Crippen molar-refractivity contribution >= 4 is 29.9 Å². The van der Waals surface area contributed by atoms with Crippen molar-refractivity contribution in [2.24, 2.45) is 4.99 Å². The number of halogens is 2. The van der Waals surface area contributed by atoms with Crippen LogP contribution in [0.3, 0.4) is 0 Å². The van der Waals surface area contributed by atoms with E-state index in [1.54, 1.807) is 20.0 Å². The van der Waals surface area contributed by atoms with Crippen molar-refractivity contribution in [2.75, 3.05) is 27.2 Å². The number of aliphatic imine (C=N–C) groups is 1. The maximum absolute atomic E-state index is 13.2. The molecule has 0 spiro atoms. The van der Waals surface area contributed by atoms with Crippen molar-refractivity contribution in [3.63, 3.8) is 0 Å². The summed E-state index contributed by atoms with van der Waals surface area (Å²) >= 11 is 0. The Morgan fingerprint density at radius 2 is 2.04 bits per heavy atom. The first-order valence-electron chi connectivity index (χ1n) is 7.87. The number of likely N-dealkylation sites (N-methyl/N-ethyl adjacent to an activating group) is 1. The zero-order valence-corrected chi connectivity index (χ0v) is 17.1. The van der Waals surface area contributed by atoms with Crippen LogP contribution in [0.25, 0.3) is 0 Å². The van der Waals surface area contributed by atoms with Crippen LogP contribution < -0.4 is 10.6 Å². The lowest BCUT2D eigenvalue weighted by Crippen LogP contribution is -2.42. The minimum atomic E-state index is -0.167. The minimum absolute atomic E-state index is 0. The van der Waals surface area contributed by atoms with Gasteiger partial charge in [-0.1, -0.05) is 19.1 Å². The van der Waals surface area contributed by atoms with Crippen LogP contribution in [0.15, 0.2) is 23.2 Å². The fourth-order valence-corrected chi connectivity index (χ4v) is 2.11. The summed E-state index contributed by atoms with van der Waals surface area (Å²) < 4.78 is 13.2. The molecule has 0 radical (unpaired) electrons. The predicted octanol–water partition coefficient (Wildman–Crippen LogP) is 3.15. The third kappa shape index (κ3) is 7.97. The monoisotopic (exact) mass is 436 g/mol. The van der Waals surface area contributed by atoms with Gasteiger partial charge in [-0.15, -0.1) is 24.0 Å². The predicted molar refractivity (Wildman–Crippen MR) is 107 cm³/mol. The molecule has 1 aromatic carbocycles. The fraction of sp³-hybridized carbons (Fsp3) is 0.588. The number of nitrogens with one attached hydrogen (secondary N) is 2. The first kappa shape index (κ1) is 22.1. The lowest BCUT2D eigenvalue weighted by atomic mass is 10.1. The molecule has 2 N–H and O–H groups in total. The molecular formula is C17H30FIN4. The van der Waals surface area contributed by atoms with Crippen LogP contribution in [-0.2, 0) is 6.54 Å². The van der Waals surface area contributed by atoms with Crippen LogP contribution in [0.4, 0.5) is 4.39 Å². The van der Waals surface area contributed by atoms with Crippen LogP contribution in [0.2, 0.25) is 0 Å². The smallest absolute Gasteiger partial charge is 0.191 e. The van der Waals surface area contributed by atoms with Crippen molar-refractivity contribution in [3.05, 3.63) is 35.1 Å². The molecule has 1 unspecified atom stereocenters. The van der Waals surface area contributed by atoms with Gasteiger partial charge in [0, 0.05) is 32.7 Å². The average Bonchev–Trinajstić information content (AvgIpc) is 2.52. The van der Waals surface area contributed by atoms with Gasteiger partial charge < -0.3 is 15.5 Å². The molecule has 0 heterocycles. The molecule has 0 aromatic heterocycles. The largest absolute Gasteiger partial charge is 0.355 e. The van der Waals surface area contributed by atoms with Gasteiger partial charge in [0.1, 0.15) is 5.82 Å². The normalized spacial score (nSPS) is 12.7. The standard InChI is InChI=1S/C17H29FN4.HI/c1-6-14(3)22(5)10-9-20-17(19-4)21-12-15-7-8-16(18)13(2)11-15;/h7-8,11,14H,6,9-10,12H2,1-5H3,(H2,19,20,21);1H. The second-order valence-electron chi connectivity index (χ2n) is 5.67. The van der Waals surface area contributed by atoms with Crippen molar-refractivity contribution in [1.82, 2.24) is 15.5 Å². The molecule has 0 amide bonds. The molecule has 0 saturated heterocycles. The van der Waals surface area contributed by atoms with E-state index >= 15 is 0 Å². The Kier molecular flexibility index (Phi) is 11.2. The second kappa shape index (κ2) is 11.6. The summed E-state index contributed by atoms with van der Waals surface area (Å²) in [7, 11) is 3.89. The lowest BCUT2D eigenvalue weighted by molar-refractivity contribution is 0.255.